The predicted octanol–water partition coefficient (Wildman–Crippen LogP) is 2.94. The van der Waals surface area contributed by atoms with Gasteiger partial charge in [0.2, 0.25) is 5.91 Å². The summed E-state index contributed by atoms with van der Waals surface area (Å²) in [5.41, 5.74) is 1.14. The van der Waals surface area contributed by atoms with Gasteiger partial charge in [0.05, 0.1) is 0 Å². The first kappa shape index (κ1) is 16.7. The molecular formula is C17H21N3O3S. The van der Waals surface area contributed by atoms with Gasteiger partial charge >= 0.3 is 0 Å². The van der Waals surface area contributed by atoms with E-state index in [1.807, 2.05) is 30.6 Å². The average Bonchev–Trinajstić information content (AvgIpc) is 3.11. The molecule has 0 saturated carbocycles. The molecule has 128 valence electrons. The van der Waals surface area contributed by atoms with E-state index in [4.69, 9.17) is 9.47 Å². The number of nitrogens with one attached hydrogen (secondary N) is 1. The maximum Gasteiger partial charge on any atom is 0.227 e. The van der Waals surface area contributed by atoms with Crippen molar-refractivity contribution in [2.75, 3.05) is 32.1 Å². The fourth-order valence-electron chi connectivity index (χ4n) is 2.51. The van der Waals surface area contributed by atoms with Crippen molar-refractivity contribution in [3.63, 3.8) is 0 Å². The molecule has 0 fully saturated rings. The first-order chi connectivity index (χ1) is 11.6. The van der Waals surface area contributed by atoms with Crippen LogP contribution < -0.4 is 14.8 Å². The van der Waals surface area contributed by atoms with Crippen LogP contribution in [0.15, 0.2) is 29.8 Å². The maximum absolute atomic E-state index is 12.0. The van der Waals surface area contributed by atoms with E-state index in [9.17, 15) is 4.79 Å². The van der Waals surface area contributed by atoms with Crippen molar-refractivity contribution in [3.8, 4) is 11.5 Å². The highest BCUT2D eigenvalue weighted by atomic mass is 32.1. The number of hydrogen-bond acceptors (Lipinski definition) is 6. The number of carbonyl (C=O) groups is 1. The molecule has 0 saturated heterocycles. The summed E-state index contributed by atoms with van der Waals surface area (Å²) < 4.78 is 11.2. The minimum atomic E-state index is -0.0221. The van der Waals surface area contributed by atoms with Gasteiger partial charge in [0.1, 0.15) is 13.2 Å². The van der Waals surface area contributed by atoms with Gasteiger partial charge < -0.3 is 14.8 Å². The summed E-state index contributed by atoms with van der Waals surface area (Å²) in [5, 5.41) is 5.28. The van der Waals surface area contributed by atoms with Crippen LogP contribution in [0.5, 0.6) is 11.5 Å². The second-order valence-corrected chi connectivity index (χ2v) is 6.59. The van der Waals surface area contributed by atoms with E-state index in [1.54, 1.807) is 6.20 Å². The highest BCUT2D eigenvalue weighted by Gasteiger charge is 2.17. The topological polar surface area (TPSA) is 63.7 Å². The molecule has 1 aliphatic rings. The minimum Gasteiger partial charge on any atom is -0.486 e. The Bertz CT molecular complexity index is 690. The van der Waals surface area contributed by atoms with Crippen LogP contribution in [0.3, 0.4) is 0 Å². The zero-order valence-electron chi connectivity index (χ0n) is 13.8. The van der Waals surface area contributed by atoms with E-state index in [2.05, 4.69) is 22.1 Å². The summed E-state index contributed by atoms with van der Waals surface area (Å²) in [6.07, 6.45) is 2.10. The van der Waals surface area contributed by atoms with Crippen molar-refractivity contribution < 1.29 is 14.3 Å². The molecule has 1 unspecified atom stereocenters. The molecule has 6 nitrogen and oxygen atoms in total. The smallest absolute Gasteiger partial charge is 0.227 e. The first-order valence-electron chi connectivity index (χ1n) is 7.92. The fraction of sp³-hybridized carbons (Fsp3) is 0.412. The van der Waals surface area contributed by atoms with Crippen LogP contribution in [0.25, 0.3) is 0 Å². The molecule has 3 rings (SSSR count). The number of ether oxygens (including phenoxy) is 2. The van der Waals surface area contributed by atoms with Crippen molar-refractivity contribution in [2.24, 2.45) is 0 Å². The minimum absolute atomic E-state index is 0.0221. The third-order valence-corrected chi connectivity index (χ3v) is 4.77. The monoisotopic (exact) mass is 347 g/mol. The number of amides is 1. The molecule has 1 N–H and O–H groups in total. The second kappa shape index (κ2) is 7.63. The number of hydrogen-bond donors (Lipinski definition) is 1. The molecule has 2 aromatic rings. The summed E-state index contributed by atoms with van der Waals surface area (Å²) in [4.78, 5) is 18.2. The number of aromatic nitrogens is 1. The quantitative estimate of drug-likeness (QED) is 0.870. The molecule has 1 amide bonds. The molecule has 1 atom stereocenters. The Kier molecular flexibility index (Phi) is 5.32. The van der Waals surface area contributed by atoms with Crippen molar-refractivity contribution >= 4 is 22.4 Å². The lowest BCUT2D eigenvalue weighted by Crippen LogP contribution is -2.27. The normalized spacial score (nSPS) is 14.5. The summed E-state index contributed by atoms with van der Waals surface area (Å²) >= 11 is 1.42. The fourth-order valence-corrected chi connectivity index (χ4v) is 3.06. The van der Waals surface area contributed by atoms with E-state index in [0.29, 0.717) is 31.3 Å². The number of thiazole rings is 1. The van der Waals surface area contributed by atoms with Crippen LogP contribution in [0.2, 0.25) is 0 Å². The number of carbonyl (C=O) groups excluding carboxylic acids is 1. The third kappa shape index (κ3) is 4.04. The summed E-state index contributed by atoms with van der Waals surface area (Å²) in [5.74, 6) is 1.56. The Morgan fingerprint density at radius 2 is 2.17 bits per heavy atom. The average molecular weight is 347 g/mol. The van der Waals surface area contributed by atoms with Crippen LogP contribution in [0, 0.1) is 0 Å². The zero-order chi connectivity index (χ0) is 16.9. The second-order valence-electron chi connectivity index (χ2n) is 5.70. The van der Waals surface area contributed by atoms with E-state index in [-0.39, 0.29) is 11.9 Å². The van der Waals surface area contributed by atoms with Gasteiger partial charge in [-0.05, 0) is 31.7 Å². The van der Waals surface area contributed by atoms with E-state index >= 15 is 0 Å². The molecule has 0 aliphatic carbocycles. The Morgan fingerprint density at radius 1 is 1.38 bits per heavy atom. The largest absolute Gasteiger partial charge is 0.486 e. The molecule has 7 heteroatoms. The molecule has 0 radical (unpaired) electrons. The highest BCUT2D eigenvalue weighted by Crippen LogP contribution is 2.33. The summed E-state index contributed by atoms with van der Waals surface area (Å²) in [6, 6.07) is 6.19. The molecule has 2 heterocycles. The van der Waals surface area contributed by atoms with Crippen LogP contribution in [0.4, 0.5) is 5.13 Å². The van der Waals surface area contributed by atoms with Crippen molar-refractivity contribution in [1.29, 1.82) is 0 Å². The lowest BCUT2D eigenvalue weighted by Gasteiger charge is -2.26. The molecule has 1 aromatic heterocycles. The Hall–Kier alpha value is -2.12. The molecule has 1 aromatic carbocycles. The van der Waals surface area contributed by atoms with E-state index in [1.165, 1.54) is 11.3 Å². The number of benzene rings is 1. The van der Waals surface area contributed by atoms with Crippen LogP contribution in [-0.4, -0.2) is 42.6 Å². The van der Waals surface area contributed by atoms with Crippen molar-refractivity contribution in [2.45, 2.75) is 19.4 Å². The summed E-state index contributed by atoms with van der Waals surface area (Å²) in [7, 11) is 2.01. The number of nitrogens with zero attached hydrogens (tertiary/aromatic N) is 2. The molecule has 24 heavy (non-hydrogen) atoms. The first-order valence-corrected chi connectivity index (χ1v) is 8.80. The van der Waals surface area contributed by atoms with Gasteiger partial charge in [0, 0.05) is 30.6 Å². The molecule has 1 aliphatic heterocycles. The number of fused-ring (bicyclic) bond motifs is 1. The van der Waals surface area contributed by atoms with Gasteiger partial charge in [0.15, 0.2) is 16.6 Å². The molecule has 0 spiro atoms. The molecular weight excluding hydrogens is 326 g/mol. The van der Waals surface area contributed by atoms with Gasteiger partial charge in [-0.3, -0.25) is 9.69 Å². The Balaban J connectivity index is 1.54. The number of rotatable bonds is 6. The van der Waals surface area contributed by atoms with E-state index < -0.39 is 0 Å². The standard InChI is InChI=1S/C17H21N3O3S/c1-12(13-3-4-14-15(11-13)23-9-8-22-14)20(2)7-5-16(21)19-17-18-6-10-24-17/h3-4,6,10-12H,5,7-9H2,1-2H3,(H,18,19,21). The van der Waals surface area contributed by atoms with Gasteiger partial charge in [-0.2, -0.15) is 0 Å². The van der Waals surface area contributed by atoms with Crippen molar-refractivity contribution in [3.05, 3.63) is 35.3 Å². The lowest BCUT2D eigenvalue weighted by atomic mass is 10.1. The van der Waals surface area contributed by atoms with Gasteiger partial charge in [-0.15, -0.1) is 11.3 Å². The summed E-state index contributed by atoms with van der Waals surface area (Å²) in [6.45, 7) is 3.95. The van der Waals surface area contributed by atoms with E-state index in [0.717, 1.165) is 17.1 Å². The van der Waals surface area contributed by atoms with Crippen LogP contribution in [-0.2, 0) is 4.79 Å². The lowest BCUT2D eigenvalue weighted by molar-refractivity contribution is -0.116. The Labute approximate surface area is 145 Å². The van der Waals surface area contributed by atoms with Gasteiger partial charge in [-0.1, -0.05) is 6.07 Å². The maximum atomic E-state index is 12.0. The molecule has 0 bridgehead atoms. The van der Waals surface area contributed by atoms with Gasteiger partial charge in [0.25, 0.3) is 0 Å². The van der Waals surface area contributed by atoms with Crippen molar-refractivity contribution in [1.82, 2.24) is 9.88 Å². The Morgan fingerprint density at radius 3 is 2.92 bits per heavy atom. The number of anilines is 1. The highest BCUT2D eigenvalue weighted by molar-refractivity contribution is 7.13. The SMILES string of the molecule is CC(c1ccc2c(c1)OCCO2)N(C)CCC(=O)Nc1nccs1. The zero-order valence-corrected chi connectivity index (χ0v) is 14.6. The predicted molar refractivity (Wildman–Crippen MR) is 93.8 cm³/mol. The van der Waals surface area contributed by atoms with Crippen LogP contribution in [0.1, 0.15) is 24.9 Å². The third-order valence-electron chi connectivity index (χ3n) is 4.08. The van der Waals surface area contributed by atoms with Crippen LogP contribution >= 0.6 is 11.3 Å². The van der Waals surface area contributed by atoms with Gasteiger partial charge in [-0.25, -0.2) is 4.98 Å².